The highest BCUT2D eigenvalue weighted by atomic mass is 35.5. The molecule has 0 spiro atoms. The van der Waals surface area contributed by atoms with Crippen LogP contribution in [0.15, 0.2) is 40.8 Å². The average molecular weight is 323 g/mol. The number of carbonyl (C=O) groups excluding carboxylic acids is 1. The summed E-state index contributed by atoms with van der Waals surface area (Å²) >= 11 is 5.72. The van der Waals surface area contributed by atoms with Gasteiger partial charge in [-0.15, -0.1) is 0 Å². The zero-order valence-electron chi connectivity index (χ0n) is 12.8. The number of halogens is 1. The Labute approximate surface area is 134 Å². The van der Waals surface area contributed by atoms with E-state index in [4.69, 9.17) is 20.8 Å². The third kappa shape index (κ3) is 5.33. The maximum Gasteiger partial charge on any atom is 0.412 e. The summed E-state index contributed by atoms with van der Waals surface area (Å²) in [4.78, 5) is 11.7. The number of rotatable bonds is 4. The van der Waals surface area contributed by atoms with Crippen LogP contribution in [-0.4, -0.2) is 11.7 Å². The smallest absolute Gasteiger partial charge is 0.412 e. The summed E-state index contributed by atoms with van der Waals surface area (Å²) in [6.45, 7) is 5.96. The molecule has 1 aromatic carbocycles. The topological polar surface area (TPSA) is 63.5 Å². The van der Waals surface area contributed by atoms with Gasteiger partial charge in [0.2, 0.25) is 0 Å². The Bertz CT molecular complexity index is 647. The number of benzene rings is 1. The quantitative estimate of drug-likeness (QED) is 0.841. The lowest BCUT2D eigenvalue weighted by molar-refractivity contribution is 0.0636. The number of nitrogens with one attached hydrogen (secondary N) is 2. The number of hydrogen-bond donors (Lipinski definition) is 2. The molecule has 1 heterocycles. The van der Waals surface area contributed by atoms with Crippen LogP contribution >= 0.6 is 11.6 Å². The maximum absolute atomic E-state index is 11.7. The standard InChI is InChI=1S/C16H19ClN2O3/c1-16(2,3)22-15(20)19-12-6-4-5-11(9-12)18-10-13-7-8-14(17)21-13/h4-9,18H,10H2,1-3H3,(H,19,20). The summed E-state index contributed by atoms with van der Waals surface area (Å²) in [5.41, 5.74) is 0.969. The largest absolute Gasteiger partial charge is 0.448 e. The number of hydrogen-bond acceptors (Lipinski definition) is 4. The highest BCUT2D eigenvalue weighted by Gasteiger charge is 2.16. The van der Waals surface area contributed by atoms with Crippen molar-refractivity contribution in [1.29, 1.82) is 0 Å². The maximum atomic E-state index is 11.7. The molecule has 1 aromatic heterocycles. The normalized spacial score (nSPS) is 11.1. The fraction of sp³-hybridized carbons (Fsp3) is 0.312. The predicted octanol–water partition coefficient (Wildman–Crippen LogP) is 4.89. The van der Waals surface area contributed by atoms with Gasteiger partial charge in [0, 0.05) is 11.4 Å². The first-order valence-electron chi connectivity index (χ1n) is 6.90. The van der Waals surface area contributed by atoms with E-state index in [1.807, 2.05) is 39.0 Å². The summed E-state index contributed by atoms with van der Waals surface area (Å²) < 4.78 is 10.5. The van der Waals surface area contributed by atoms with Crippen LogP contribution in [-0.2, 0) is 11.3 Å². The molecule has 0 fully saturated rings. The van der Waals surface area contributed by atoms with Crippen molar-refractivity contribution in [3.05, 3.63) is 47.4 Å². The van der Waals surface area contributed by atoms with E-state index in [0.29, 0.717) is 17.5 Å². The zero-order valence-corrected chi connectivity index (χ0v) is 13.5. The molecule has 118 valence electrons. The van der Waals surface area contributed by atoms with Crippen molar-refractivity contribution in [2.24, 2.45) is 0 Å². The third-order valence-corrected chi connectivity index (χ3v) is 2.81. The van der Waals surface area contributed by atoms with Gasteiger partial charge >= 0.3 is 6.09 Å². The van der Waals surface area contributed by atoms with Crippen LogP contribution in [0.4, 0.5) is 16.2 Å². The number of anilines is 2. The van der Waals surface area contributed by atoms with Crippen molar-refractivity contribution >= 4 is 29.1 Å². The molecule has 2 N–H and O–H groups in total. The molecule has 0 aliphatic carbocycles. The average Bonchev–Trinajstić information content (AvgIpc) is 2.80. The molecule has 1 amide bonds. The van der Waals surface area contributed by atoms with E-state index in [1.165, 1.54) is 0 Å². The highest BCUT2D eigenvalue weighted by molar-refractivity contribution is 6.28. The lowest BCUT2D eigenvalue weighted by atomic mass is 10.2. The van der Waals surface area contributed by atoms with E-state index >= 15 is 0 Å². The molecule has 22 heavy (non-hydrogen) atoms. The highest BCUT2D eigenvalue weighted by Crippen LogP contribution is 2.19. The van der Waals surface area contributed by atoms with Crippen molar-refractivity contribution in [3.8, 4) is 0 Å². The van der Waals surface area contributed by atoms with Gasteiger partial charge in [0.05, 0.1) is 6.54 Å². The van der Waals surface area contributed by atoms with Gasteiger partial charge in [-0.1, -0.05) is 6.07 Å². The predicted molar refractivity (Wildman–Crippen MR) is 87.3 cm³/mol. The second kappa shape index (κ2) is 6.75. The molecular formula is C16H19ClN2O3. The van der Waals surface area contributed by atoms with Crippen LogP contribution in [0.1, 0.15) is 26.5 Å². The van der Waals surface area contributed by atoms with Gasteiger partial charge in [-0.2, -0.15) is 0 Å². The molecular weight excluding hydrogens is 304 g/mol. The van der Waals surface area contributed by atoms with Gasteiger partial charge < -0.3 is 14.5 Å². The lowest BCUT2D eigenvalue weighted by Gasteiger charge is -2.19. The van der Waals surface area contributed by atoms with Crippen LogP contribution in [0, 0.1) is 0 Å². The fourth-order valence-corrected chi connectivity index (χ4v) is 1.93. The van der Waals surface area contributed by atoms with E-state index in [0.717, 1.165) is 11.4 Å². The lowest BCUT2D eigenvalue weighted by Crippen LogP contribution is -2.27. The van der Waals surface area contributed by atoms with Crippen molar-refractivity contribution in [2.75, 3.05) is 10.6 Å². The van der Waals surface area contributed by atoms with Gasteiger partial charge in [0.15, 0.2) is 5.22 Å². The van der Waals surface area contributed by atoms with Gasteiger partial charge in [-0.05, 0) is 62.7 Å². The summed E-state index contributed by atoms with van der Waals surface area (Å²) in [5.74, 6) is 0.732. The minimum absolute atomic E-state index is 0.358. The monoisotopic (exact) mass is 322 g/mol. The molecule has 0 bridgehead atoms. The first-order valence-corrected chi connectivity index (χ1v) is 7.28. The molecule has 0 unspecified atom stereocenters. The number of ether oxygens (including phenoxy) is 1. The SMILES string of the molecule is CC(C)(C)OC(=O)Nc1cccc(NCc2ccc(Cl)o2)c1. The first kappa shape index (κ1) is 16.2. The number of carbonyl (C=O) groups is 1. The van der Waals surface area contributed by atoms with E-state index in [9.17, 15) is 4.79 Å². The molecule has 0 atom stereocenters. The molecule has 2 aromatic rings. The third-order valence-electron chi connectivity index (χ3n) is 2.60. The fourth-order valence-electron chi connectivity index (χ4n) is 1.76. The van der Waals surface area contributed by atoms with Gasteiger partial charge in [0.25, 0.3) is 0 Å². The van der Waals surface area contributed by atoms with Crippen LogP contribution in [0.5, 0.6) is 0 Å². The number of furan rings is 1. The molecule has 0 radical (unpaired) electrons. The van der Waals surface area contributed by atoms with Crippen molar-refractivity contribution in [1.82, 2.24) is 0 Å². The molecule has 0 saturated heterocycles. The van der Waals surface area contributed by atoms with Gasteiger partial charge in [-0.25, -0.2) is 4.79 Å². The molecule has 0 aliphatic rings. The first-order chi connectivity index (χ1) is 10.3. The Balaban J connectivity index is 1.93. The van der Waals surface area contributed by atoms with Crippen molar-refractivity contribution < 1.29 is 13.9 Å². The minimum atomic E-state index is -0.529. The van der Waals surface area contributed by atoms with E-state index in [-0.39, 0.29) is 0 Å². The second-order valence-corrected chi connectivity index (χ2v) is 6.14. The van der Waals surface area contributed by atoms with E-state index in [1.54, 1.807) is 18.2 Å². The molecule has 5 nitrogen and oxygen atoms in total. The van der Waals surface area contributed by atoms with Crippen LogP contribution in [0.25, 0.3) is 0 Å². The summed E-state index contributed by atoms with van der Waals surface area (Å²) in [6.07, 6.45) is -0.484. The van der Waals surface area contributed by atoms with Crippen LogP contribution in [0.3, 0.4) is 0 Å². The van der Waals surface area contributed by atoms with Crippen LogP contribution < -0.4 is 10.6 Å². The Hall–Kier alpha value is -2.14. The Morgan fingerprint density at radius 3 is 2.59 bits per heavy atom. The van der Waals surface area contributed by atoms with Crippen molar-refractivity contribution in [3.63, 3.8) is 0 Å². The van der Waals surface area contributed by atoms with Crippen molar-refractivity contribution in [2.45, 2.75) is 32.9 Å². The Morgan fingerprint density at radius 1 is 1.23 bits per heavy atom. The molecule has 6 heteroatoms. The molecule has 2 rings (SSSR count). The summed E-state index contributed by atoms with van der Waals surface area (Å²) in [6, 6.07) is 10.8. The Kier molecular flexibility index (Phi) is 4.98. The zero-order chi connectivity index (χ0) is 16.2. The van der Waals surface area contributed by atoms with E-state index < -0.39 is 11.7 Å². The Morgan fingerprint density at radius 2 is 1.95 bits per heavy atom. The number of amides is 1. The summed E-state index contributed by atoms with van der Waals surface area (Å²) in [7, 11) is 0. The minimum Gasteiger partial charge on any atom is -0.448 e. The molecule has 0 saturated carbocycles. The second-order valence-electron chi connectivity index (χ2n) is 5.77. The van der Waals surface area contributed by atoms with E-state index in [2.05, 4.69) is 10.6 Å². The van der Waals surface area contributed by atoms with Crippen LogP contribution in [0.2, 0.25) is 5.22 Å². The molecule has 0 aliphatic heterocycles. The summed E-state index contributed by atoms with van der Waals surface area (Å²) in [5, 5.41) is 6.25. The van der Waals surface area contributed by atoms with Gasteiger partial charge in [0.1, 0.15) is 11.4 Å². The van der Waals surface area contributed by atoms with Gasteiger partial charge in [-0.3, -0.25) is 5.32 Å².